The van der Waals surface area contributed by atoms with Gasteiger partial charge in [-0.2, -0.15) is 0 Å². The first-order chi connectivity index (χ1) is 14.7. The molecule has 0 unspecified atom stereocenters. The number of rotatable bonds is 7. The lowest BCUT2D eigenvalue weighted by atomic mass is 9.93. The quantitative estimate of drug-likeness (QED) is 0.611. The van der Waals surface area contributed by atoms with Crippen LogP contribution in [0.2, 0.25) is 0 Å². The molecule has 1 aliphatic rings. The van der Waals surface area contributed by atoms with Crippen LogP contribution >= 0.6 is 0 Å². The third-order valence-electron chi connectivity index (χ3n) is 5.45. The molecule has 2 aromatic carbocycles. The Balaban J connectivity index is 1.51. The van der Waals surface area contributed by atoms with Gasteiger partial charge in [0, 0.05) is 17.6 Å². The van der Waals surface area contributed by atoms with Crippen molar-refractivity contribution in [1.29, 1.82) is 0 Å². The second kappa shape index (κ2) is 9.17. The Kier molecular flexibility index (Phi) is 6.18. The molecule has 3 aromatic rings. The molecule has 1 saturated carbocycles. The Labute approximate surface area is 176 Å². The van der Waals surface area contributed by atoms with Crippen LogP contribution < -0.4 is 19.5 Å². The number of anilines is 1. The highest BCUT2D eigenvalue weighted by Crippen LogP contribution is 2.30. The monoisotopic (exact) mass is 409 g/mol. The molecule has 1 fully saturated rings. The third-order valence-corrected chi connectivity index (χ3v) is 5.45. The highest BCUT2D eigenvalue weighted by Gasteiger charge is 2.20. The molecule has 2 N–H and O–H groups in total. The molecule has 30 heavy (non-hydrogen) atoms. The zero-order valence-corrected chi connectivity index (χ0v) is 17.3. The van der Waals surface area contributed by atoms with Crippen molar-refractivity contribution in [2.24, 2.45) is 0 Å². The van der Waals surface area contributed by atoms with Gasteiger partial charge >= 0.3 is 0 Å². The second-order valence-electron chi connectivity index (χ2n) is 7.52. The minimum absolute atomic E-state index is 0.183. The van der Waals surface area contributed by atoms with Gasteiger partial charge in [0.05, 0.1) is 20.3 Å². The van der Waals surface area contributed by atoms with Crippen LogP contribution in [0.5, 0.6) is 17.2 Å². The minimum Gasteiger partial charge on any atom is -0.493 e. The number of hydrogen-bond acceptors (Lipinski definition) is 7. The number of nitrogens with zero attached hydrogens (tertiary/aromatic N) is 2. The normalized spacial score (nSPS) is 18.8. The molecule has 7 heteroatoms. The van der Waals surface area contributed by atoms with E-state index in [2.05, 4.69) is 10.3 Å². The van der Waals surface area contributed by atoms with Crippen molar-refractivity contribution in [2.45, 2.75) is 44.4 Å². The van der Waals surface area contributed by atoms with E-state index in [0.29, 0.717) is 29.8 Å². The largest absolute Gasteiger partial charge is 0.493 e. The molecule has 4 rings (SSSR count). The maximum Gasteiger partial charge on any atom is 0.223 e. The zero-order chi connectivity index (χ0) is 20.9. The number of methoxy groups -OCH3 is 2. The van der Waals surface area contributed by atoms with Crippen LogP contribution in [0.25, 0.3) is 10.9 Å². The van der Waals surface area contributed by atoms with Crippen LogP contribution in [0.1, 0.15) is 31.2 Å². The van der Waals surface area contributed by atoms with E-state index in [1.165, 1.54) is 0 Å². The van der Waals surface area contributed by atoms with Gasteiger partial charge in [0.25, 0.3) is 0 Å². The van der Waals surface area contributed by atoms with Gasteiger partial charge in [-0.05, 0) is 49.4 Å². The fourth-order valence-corrected chi connectivity index (χ4v) is 3.75. The molecule has 1 aromatic heterocycles. The third kappa shape index (κ3) is 4.57. The Morgan fingerprint density at radius 3 is 2.57 bits per heavy atom. The van der Waals surface area contributed by atoms with E-state index in [-0.39, 0.29) is 12.1 Å². The van der Waals surface area contributed by atoms with Gasteiger partial charge in [-0.15, -0.1) is 0 Å². The van der Waals surface area contributed by atoms with Crippen molar-refractivity contribution >= 4 is 16.9 Å². The number of ether oxygens (including phenoxy) is 3. The molecule has 158 valence electrons. The molecule has 0 saturated heterocycles. The summed E-state index contributed by atoms with van der Waals surface area (Å²) in [5.74, 6) is 2.64. The molecule has 0 aliphatic heterocycles. The van der Waals surface area contributed by atoms with Crippen molar-refractivity contribution in [3.05, 3.63) is 48.2 Å². The lowest BCUT2D eigenvalue weighted by Crippen LogP contribution is -2.28. The van der Waals surface area contributed by atoms with Crippen molar-refractivity contribution in [3.63, 3.8) is 0 Å². The predicted octanol–water partition coefficient (Wildman–Crippen LogP) is 3.94. The maximum atomic E-state index is 9.70. The molecule has 7 nitrogen and oxygen atoms in total. The van der Waals surface area contributed by atoms with Crippen LogP contribution in [-0.4, -0.2) is 41.4 Å². The average molecular weight is 409 g/mol. The lowest BCUT2D eigenvalue weighted by Gasteiger charge is -2.26. The van der Waals surface area contributed by atoms with Gasteiger partial charge in [-0.3, -0.25) is 0 Å². The smallest absolute Gasteiger partial charge is 0.223 e. The maximum absolute atomic E-state index is 9.70. The summed E-state index contributed by atoms with van der Waals surface area (Å²) in [7, 11) is 3.23. The first kappa shape index (κ1) is 20.2. The molecule has 0 atom stereocenters. The first-order valence-corrected chi connectivity index (χ1v) is 10.2. The Morgan fingerprint density at radius 1 is 1.00 bits per heavy atom. The highest BCUT2D eigenvalue weighted by molar-refractivity contribution is 5.84. The number of nitrogens with one attached hydrogen (secondary N) is 1. The number of hydrogen-bond donors (Lipinski definition) is 2. The van der Waals surface area contributed by atoms with Crippen LogP contribution in [0, 0.1) is 0 Å². The van der Waals surface area contributed by atoms with E-state index >= 15 is 0 Å². The second-order valence-corrected chi connectivity index (χ2v) is 7.52. The summed E-state index contributed by atoms with van der Waals surface area (Å²) in [5, 5.41) is 14.0. The van der Waals surface area contributed by atoms with Gasteiger partial charge in [-0.1, -0.05) is 18.2 Å². The topological polar surface area (TPSA) is 85.7 Å². The van der Waals surface area contributed by atoms with Crippen molar-refractivity contribution in [1.82, 2.24) is 9.97 Å². The fourth-order valence-electron chi connectivity index (χ4n) is 3.75. The highest BCUT2D eigenvalue weighted by atomic mass is 16.5. The molecule has 0 spiro atoms. The Bertz CT molecular complexity index is 1000. The van der Waals surface area contributed by atoms with E-state index in [0.717, 1.165) is 42.1 Å². The standard InChI is InChI=1S/C23H27N3O4/c1-28-19-11-6-15(12-21(19)29-2)14-30-20-5-3-4-16-13-24-23(26-22(16)20)25-17-7-9-18(27)10-8-17/h3-6,11-13,17-18,27H,7-10,14H2,1-2H3,(H,24,25,26)/t17-,18-. The van der Waals surface area contributed by atoms with E-state index in [9.17, 15) is 5.11 Å². The number of aromatic nitrogens is 2. The van der Waals surface area contributed by atoms with E-state index in [4.69, 9.17) is 19.2 Å². The van der Waals surface area contributed by atoms with Gasteiger partial charge < -0.3 is 24.6 Å². The lowest BCUT2D eigenvalue weighted by molar-refractivity contribution is 0.126. The van der Waals surface area contributed by atoms with Crippen LogP contribution in [-0.2, 0) is 6.61 Å². The summed E-state index contributed by atoms with van der Waals surface area (Å²) in [5.41, 5.74) is 1.74. The molecule has 0 bridgehead atoms. The minimum atomic E-state index is -0.183. The fraction of sp³-hybridized carbons (Fsp3) is 0.391. The van der Waals surface area contributed by atoms with Gasteiger partial charge in [0.1, 0.15) is 17.9 Å². The molecule has 0 amide bonds. The van der Waals surface area contributed by atoms with Crippen molar-refractivity contribution in [2.75, 3.05) is 19.5 Å². The van der Waals surface area contributed by atoms with Gasteiger partial charge in [-0.25, -0.2) is 9.97 Å². The number of fused-ring (bicyclic) bond motifs is 1. The summed E-state index contributed by atoms with van der Waals surface area (Å²) in [6.07, 6.45) is 5.08. The van der Waals surface area contributed by atoms with Crippen molar-refractivity contribution in [3.8, 4) is 17.2 Å². The van der Waals surface area contributed by atoms with E-state index < -0.39 is 0 Å². The SMILES string of the molecule is COc1ccc(COc2cccc3cnc(N[C@H]4CC[C@H](O)CC4)nc23)cc1OC. The average Bonchev–Trinajstić information content (AvgIpc) is 2.79. The molecule has 1 heterocycles. The molecular formula is C23H27N3O4. The van der Waals surface area contributed by atoms with Crippen LogP contribution in [0.15, 0.2) is 42.6 Å². The van der Waals surface area contributed by atoms with E-state index in [1.807, 2.05) is 42.6 Å². The van der Waals surface area contributed by atoms with Gasteiger partial charge in [0.2, 0.25) is 5.95 Å². The number of aliphatic hydroxyl groups excluding tert-OH is 1. The first-order valence-electron chi connectivity index (χ1n) is 10.2. The van der Waals surface area contributed by atoms with Crippen LogP contribution in [0.3, 0.4) is 0 Å². The summed E-state index contributed by atoms with van der Waals surface area (Å²) in [6.45, 7) is 0.382. The zero-order valence-electron chi connectivity index (χ0n) is 17.3. The van der Waals surface area contributed by atoms with Crippen molar-refractivity contribution < 1.29 is 19.3 Å². The van der Waals surface area contributed by atoms with Crippen LogP contribution in [0.4, 0.5) is 5.95 Å². The summed E-state index contributed by atoms with van der Waals surface area (Å²) >= 11 is 0. The number of benzene rings is 2. The Hall–Kier alpha value is -3.06. The molecular weight excluding hydrogens is 382 g/mol. The molecule has 0 radical (unpaired) electrons. The number of aliphatic hydroxyl groups is 1. The summed E-state index contributed by atoms with van der Waals surface area (Å²) in [4.78, 5) is 9.16. The molecule has 1 aliphatic carbocycles. The summed E-state index contributed by atoms with van der Waals surface area (Å²) < 4.78 is 16.7. The Morgan fingerprint density at radius 2 is 1.80 bits per heavy atom. The van der Waals surface area contributed by atoms with Gasteiger partial charge in [0.15, 0.2) is 11.5 Å². The predicted molar refractivity (Wildman–Crippen MR) is 115 cm³/mol. The summed E-state index contributed by atoms with van der Waals surface area (Å²) in [6, 6.07) is 11.8. The van der Waals surface area contributed by atoms with E-state index in [1.54, 1.807) is 14.2 Å². The number of para-hydroxylation sites is 1.